The van der Waals surface area contributed by atoms with E-state index in [9.17, 15) is 0 Å². The van der Waals surface area contributed by atoms with Gasteiger partial charge in [-0.25, -0.2) is 0 Å². The molecule has 1 rings (SSSR count). The Morgan fingerprint density at radius 1 is 1.47 bits per heavy atom. The lowest BCUT2D eigenvalue weighted by Crippen LogP contribution is -2.10. The Morgan fingerprint density at radius 2 is 2.20 bits per heavy atom. The van der Waals surface area contributed by atoms with Crippen LogP contribution in [0.5, 0.6) is 5.75 Å². The van der Waals surface area contributed by atoms with E-state index in [1.165, 1.54) is 6.42 Å². The topological polar surface area (TPSA) is 47.3 Å². The van der Waals surface area contributed by atoms with Crippen LogP contribution >= 0.6 is 0 Å². The first kappa shape index (κ1) is 11.7. The van der Waals surface area contributed by atoms with E-state index in [2.05, 4.69) is 19.2 Å². The largest absolute Gasteiger partial charge is 0.495 e. The quantitative estimate of drug-likeness (QED) is 0.731. The number of ether oxygens (including phenoxy) is 1. The monoisotopic (exact) mass is 208 g/mol. The highest BCUT2D eigenvalue weighted by Gasteiger charge is 2.02. The summed E-state index contributed by atoms with van der Waals surface area (Å²) in [6.45, 7) is 5.39. The normalized spacial score (nSPS) is 12.2. The van der Waals surface area contributed by atoms with Crippen molar-refractivity contribution < 1.29 is 4.74 Å². The van der Waals surface area contributed by atoms with Gasteiger partial charge in [-0.2, -0.15) is 0 Å². The molecule has 0 aliphatic rings. The number of benzene rings is 1. The molecular formula is C12H20N2O. The smallest absolute Gasteiger partial charge is 0.143 e. The van der Waals surface area contributed by atoms with E-state index in [1.54, 1.807) is 7.11 Å². The average molecular weight is 208 g/mol. The Kier molecular flexibility index (Phi) is 4.28. The lowest BCUT2D eigenvalue weighted by Gasteiger charge is -2.13. The molecule has 1 unspecified atom stereocenters. The average Bonchev–Trinajstić information content (AvgIpc) is 2.27. The molecule has 0 saturated heterocycles. The maximum Gasteiger partial charge on any atom is 0.143 e. The highest BCUT2D eigenvalue weighted by molar-refractivity contribution is 5.61. The van der Waals surface area contributed by atoms with Crippen LogP contribution in [0.3, 0.4) is 0 Å². The van der Waals surface area contributed by atoms with Crippen molar-refractivity contribution in [3.05, 3.63) is 18.2 Å². The Hall–Kier alpha value is -1.38. The lowest BCUT2D eigenvalue weighted by molar-refractivity contribution is 0.417. The van der Waals surface area contributed by atoms with Gasteiger partial charge in [-0.1, -0.05) is 20.3 Å². The van der Waals surface area contributed by atoms with Gasteiger partial charge < -0.3 is 15.8 Å². The zero-order valence-corrected chi connectivity index (χ0v) is 9.71. The predicted molar refractivity (Wildman–Crippen MR) is 65.4 cm³/mol. The van der Waals surface area contributed by atoms with Crippen LogP contribution in [0.4, 0.5) is 11.4 Å². The van der Waals surface area contributed by atoms with Crippen molar-refractivity contribution in [1.29, 1.82) is 0 Å². The fourth-order valence-electron chi connectivity index (χ4n) is 1.26. The van der Waals surface area contributed by atoms with Gasteiger partial charge in [0.15, 0.2) is 0 Å². The highest BCUT2D eigenvalue weighted by Crippen LogP contribution is 2.25. The summed E-state index contributed by atoms with van der Waals surface area (Å²) in [7, 11) is 1.63. The number of nitrogens with two attached hydrogens (primary N) is 1. The molecule has 0 saturated carbocycles. The highest BCUT2D eigenvalue weighted by atomic mass is 16.5. The van der Waals surface area contributed by atoms with Crippen LogP contribution in [-0.2, 0) is 0 Å². The first-order valence-electron chi connectivity index (χ1n) is 5.34. The van der Waals surface area contributed by atoms with Gasteiger partial charge in [-0.05, 0) is 18.1 Å². The zero-order valence-electron chi connectivity index (χ0n) is 9.71. The summed E-state index contributed by atoms with van der Waals surface area (Å²) in [6, 6.07) is 5.76. The molecule has 0 fully saturated rings. The van der Waals surface area contributed by atoms with Crippen molar-refractivity contribution in [2.75, 3.05) is 24.7 Å². The summed E-state index contributed by atoms with van der Waals surface area (Å²) in [5.41, 5.74) is 7.46. The van der Waals surface area contributed by atoms with Crippen LogP contribution in [0.2, 0.25) is 0 Å². The molecule has 1 atom stereocenters. The third-order valence-electron chi connectivity index (χ3n) is 2.59. The molecule has 1 aromatic rings. The molecule has 0 amide bonds. The predicted octanol–water partition coefficient (Wildman–Crippen LogP) is 2.74. The van der Waals surface area contributed by atoms with Gasteiger partial charge in [0, 0.05) is 18.3 Å². The summed E-state index contributed by atoms with van der Waals surface area (Å²) in [4.78, 5) is 0. The number of nitrogens with one attached hydrogen (secondary N) is 1. The Labute approximate surface area is 91.6 Å². The van der Waals surface area contributed by atoms with Crippen molar-refractivity contribution in [2.45, 2.75) is 20.3 Å². The minimum atomic E-state index is 0.673. The van der Waals surface area contributed by atoms with Crippen molar-refractivity contribution in [1.82, 2.24) is 0 Å². The van der Waals surface area contributed by atoms with E-state index < -0.39 is 0 Å². The SMILES string of the molecule is CCC(C)CNc1ccc(N)c(OC)c1. The Bertz CT molecular complexity index is 312. The number of hydrogen-bond donors (Lipinski definition) is 2. The van der Waals surface area contributed by atoms with E-state index >= 15 is 0 Å². The minimum Gasteiger partial charge on any atom is -0.495 e. The molecule has 0 spiro atoms. The zero-order chi connectivity index (χ0) is 11.3. The maximum absolute atomic E-state index is 5.73. The second-order valence-corrected chi connectivity index (χ2v) is 3.85. The molecule has 3 nitrogen and oxygen atoms in total. The second kappa shape index (κ2) is 5.49. The van der Waals surface area contributed by atoms with E-state index in [4.69, 9.17) is 10.5 Å². The van der Waals surface area contributed by atoms with E-state index in [0.29, 0.717) is 11.6 Å². The van der Waals surface area contributed by atoms with Crippen LogP contribution in [-0.4, -0.2) is 13.7 Å². The van der Waals surface area contributed by atoms with Gasteiger partial charge in [-0.15, -0.1) is 0 Å². The number of hydrogen-bond acceptors (Lipinski definition) is 3. The second-order valence-electron chi connectivity index (χ2n) is 3.85. The van der Waals surface area contributed by atoms with Crippen LogP contribution in [0, 0.1) is 5.92 Å². The first-order chi connectivity index (χ1) is 7.17. The minimum absolute atomic E-state index is 0.673. The molecule has 3 heteroatoms. The molecule has 0 heterocycles. The van der Waals surface area contributed by atoms with Gasteiger partial charge in [0.25, 0.3) is 0 Å². The molecule has 1 aromatic carbocycles. The molecule has 15 heavy (non-hydrogen) atoms. The van der Waals surface area contributed by atoms with Gasteiger partial charge in [0.05, 0.1) is 12.8 Å². The number of rotatable bonds is 5. The van der Waals surface area contributed by atoms with Crippen molar-refractivity contribution in [2.24, 2.45) is 5.92 Å². The summed E-state index contributed by atoms with van der Waals surface area (Å²) in [5.74, 6) is 1.40. The fourth-order valence-corrected chi connectivity index (χ4v) is 1.26. The molecule has 0 bridgehead atoms. The van der Waals surface area contributed by atoms with E-state index in [1.807, 2.05) is 18.2 Å². The van der Waals surface area contributed by atoms with E-state index in [-0.39, 0.29) is 0 Å². The molecule has 84 valence electrons. The Morgan fingerprint density at radius 3 is 2.80 bits per heavy atom. The summed E-state index contributed by atoms with van der Waals surface area (Å²) >= 11 is 0. The summed E-state index contributed by atoms with van der Waals surface area (Å²) in [5, 5.41) is 3.36. The van der Waals surface area contributed by atoms with Crippen molar-refractivity contribution in [3.8, 4) is 5.75 Å². The lowest BCUT2D eigenvalue weighted by atomic mass is 10.1. The number of nitrogen functional groups attached to an aromatic ring is 1. The van der Waals surface area contributed by atoms with Gasteiger partial charge in [0.2, 0.25) is 0 Å². The van der Waals surface area contributed by atoms with Crippen molar-refractivity contribution in [3.63, 3.8) is 0 Å². The Balaban J connectivity index is 2.62. The van der Waals surface area contributed by atoms with Gasteiger partial charge in [-0.3, -0.25) is 0 Å². The summed E-state index contributed by atoms with van der Waals surface area (Å²) in [6.07, 6.45) is 1.18. The van der Waals surface area contributed by atoms with Crippen LogP contribution in [0.25, 0.3) is 0 Å². The number of methoxy groups -OCH3 is 1. The van der Waals surface area contributed by atoms with Crippen molar-refractivity contribution >= 4 is 11.4 Å². The maximum atomic E-state index is 5.73. The summed E-state index contributed by atoms with van der Waals surface area (Å²) < 4.78 is 5.15. The standard InChI is InChI=1S/C12H20N2O/c1-4-9(2)8-14-10-5-6-11(13)12(7-10)15-3/h5-7,9,14H,4,8,13H2,1-3H3. The van der Waals surface area contributed by atoms with Gasteiger partial charge in [0.1, 0.15) is 5.75 Å². The molecular weight excluding hydrogens is 188 g/mol. The van der Waals surface area contributed by atoms with Crippen LogP contribution in [0.15, 0.2) is 18.2 Å². The van der Waals surface area contributed by atoms with E-state index in [0.717, 1.165) is 18.0 Å². The molecule has 0 aliphatic carbocycles. The fraction of sp³-hybridized carbons (Fsp3) is 0.500. The molecule has 0 radical (unpaired) electrons. The van der Waals surface area contributed by atoms with Crippen LogP contribution < -0.4 is 15.8 Å². The van der Waals surface area contributed by atoms with Gasteiger partial charge >= 0.3 is 0 Å². The first-order valence-corrected chi connectivity index (χ1v) is 5.34. The molecule has 0 aromatic heterocycles. The third-order valence-corrected chi connectivity index (χ3v) is 2.59. The molecule has 3 N–H and O–H groups in total. The number of anilines is 2. The van der Waals surface area contributed by atoms with Crippen LogP contribution in [0.1, 0.15) is 20.3 Å². The molecule has 0 aliphatic heterocycles. The third kappa shape index (κ3) is 3.35.